The predicted molar refractivity (Wildman–Crippen MR) is 101 cm³/mol. The van der Waals surface area contributed by atoms with Gasteiger partial charge in [0.05, 0.1) is 5.41 Å². The summed E-state index contributed by atoms with van der Waals surface area (Å²) < 4.78 is 11.0. The molecule has 0 bridgehead atoms. The number of aliphatic carboxylic acids is 1. The fourth-order valence-electron chi connectivity index (χ4n) is 3.23. The largest absolute Gasteiger partial charge is 0.481 e. The van der Waals surface area contributed by atoms with Crippen LogP contribution in [0.15, 0.2) is 40.8 Å². The Balaban J connectivity index is 1.70. The third kappa shape index (κ3) is 4.22. The maximum Gasteiger partial charge on any atom is 0.311 e. The van der Waals surface area contributed by atoms with Crippen LogP contribution in [-0.4, -0.2) is 36.7 Å². The van der Waals surface area contributed by atoms with Gasteiger partial charge in [0.1, 0.15) is 5.76 Å². The first-order chi connectivity index (χ1) is 12.9. The van der Waals surface area contributed by atoms with Gasteiger partial charge in [0, 0.05) is 25.3 Å². The molecular weight excluding hydrogens is 346 g/mol. The van der Waals surface area contributed by atoms with Gasteiger partial charge in [0.25, 0.3) is 5.91 Å². The molecule has 0 unspecified atom stereocenters. The Hall–Kier alpha value is -2.60. The zero-order valence-electron chi connectivity index (χ0n) is 15.7. The fraction of sp³-hybridized carbons (Fsp3) is 0.429. The SMILES string of the molecule is CC(C)c1cccc(-c2ccc(C(=O)NCC3(C(=O)O)CCOCC3)o2)c1. The molecular formula is C21H25NO5. The first-order valence-corrected chi connectivity index (χ1v) is 9.21. The first-order valence-electron chi connectivity index (χ1n) is 9.21. The van der Waals surface area contributed by atoms with Gasteiger partial charge >= 0.3 is 5.97 Å². The lowest BCUT2D eigenvalue weighted by molar-refractivity contribution is -0.154. The molecule has 1 aromatic heterocycles. The van der Waals surface area contributed by atoms with Crippen LogP contribution >= 0.6 is 0 Å². The van der Waals surface area contributed by atoms with E-state index < -0.39 is 17.3 Å². The number of benzene rings is 1. The van der Waals surface area contributed by atoms with E-state index in [0.717, 1.165) is 5.56 Å². The normalized spacial score (nSPS) is 16.3. The van der Waals surface area contributed by atoms with Crippen molar-refractivity contribution in [2.75, 3.05) is 19.8 Å². The van der Waals surface area contributed by atoms with Gasteiger partial charge in [-0.15, -0.1) is 0 Å². The van der Waals surface area contributed by atoms with E-state index in [9.17, 15) is 14.7 Å². The third-order valence-electron chi connectivity index (χ3n) is 5.16. The molecule has 144 valence electrons. The summed E-state index contributed by atoms with van der Waals surface area (Å²) >= 11 is 0. The van der Waals surface area contributed by atoms with E-state index >= 15 is 0 Å². The number of carboxylic acids is 1. The monoisotopic (exact) mass is 371 g/mol. The van der Waals surface area contributed by atoms with Gasteiger partial charge in [-0.1, -0.05) is 32.0 Å². The number of rotatable bonds is 6. The molecule has 6 heteroatoms. The van der Waals surface area contributed by atoms with Crippen LogP contribution in [0.3, 0.4) is 0 Å². The van der Waals surface area contributed by atoms with Crippen molar-refractivity contribution in [3.8, 4) is 11.3 Å². The van der Waals surface area contributed by atoms with Crippen molar-refractivity contribution in [3.05, 3.63) is 47.7 Å². The van der Waals surface area contributed by atoms with Crippen LogP contribution in [0.4, 0.5) is 0 Å². The number of hydrogen-bond donors (Lipinski definition) is 2. The van der Waals surface area contributed by atoms with Gasteiger partial charge in [-0.2, -0.15) is 0 Å². The molecule has 1 aliphatic heterocycles. The maximum absolute atomic E-state index is 12.4. The molecule has 1 aromatic carbocycles. The Morgan fingerprint density at radius 3 is 2.59 bits per heavy atom. The van der Waals surface area contributed by atoms with Crippen molar-refractivity contribution in [2.45, 2.75) is 32.6 Å². The number of amides is 1. The molecule has 0 saturated carbocycles. The van der Waals surface area contributed by atoms with Crippen molar-refractivity contribution >= 4 is 11.9 Å². The maximum atomic E-state index is 12.4. The highest BCUT2D eigenvalue weighted by Gasteiger charge is 2.40. The van der Waals surface area contributed by atoms with Gasteiger partial charge in [-0.25, -0.2) is 0 Å². The Kier molecular flexibility index (Phi) is 5.65. The highest BCUT2D eigenvalue weighted by Crippen LogP contribution is 2.30. The minimum atomic E-state index is -0.977. The molecule has 6 nitrogen and oxygen atoms in total. The van der Waals surface area contributed by atoms with E-state index in [4.69, 9.17) is 9.15 Å². The third-order valence-corrected chi connectivity index (χ3v) is 5.16. The van der Waals surface area contributed by atoms with Gasteiger partial charge in [-0.3, -0.25) is 9.59 Å². The van der Waals surface area contributed by atoms with E-state index in [-0.39, 0.29) is 12.3 Å². The molecule has 1 aliphatic rings. The summed E-state index contributed by atoms with van der Waals surface area (Å²) in [5.74, 6) is -0.131. The Morgan fingerprint density at radius 2 is 1.93 bits per heavy atom. The summed E-state index contributed by atoms with van der Waals surface area (Å²) in [6.45, 7) is 5.07. The standard InChI is InChI=1S/C21H25NO5/c1-14(2)15-4-3-5-16(12-15)17-6-7-18(27-17)19(23)22-13-21(20(24)25)8-10-26-11-9-21/h3-7,12,14H,8-11,13H2,1-2H3,(H,22,23)(H,24,25). The molecule has 2 heterocycles. The summed E-state index contributed by atoms with van der Waals surface area (Å²) in [5.41, 5.74) is 1.12. The smallest absolute Gasteiger partial charge is 0.311 e. The molecule has 1 saturated heterocycles. The summed E-state index contributed by atoms with van der Waals surface area (Å²) in [5, 5.41) is 12.3. The average molecular weight is 371 g/mol. The number of carboxylic acid groups (broad SMARTS) is 1. The summed E-state index contributed by atoms with van der Waals surface area (Å²) in [4.78, 5) is 24.1. The van der Waals surface area contributed by atoms with E-state index in [2.05, 4.69) is 25.2 Å². The zero-order chi connectivity index (χ0) is 19.4. The van der Waals surface area contributed by atoms with Crippen molar-refractivity contribution in [3.63, 3.8) is 0 Å². The molecule has 2 aromatic rings. The molecule has 1 fully saturated rings. The van der Waals surface area contributed by atoms with E-state index in [0.29, 0.717) is 37.7 Å². The van der Waals surface area contributed by atoms with Crippen molar-refractivity contribution < 1.29 is 23.8 Å². The number of hydrogen-bond acceptors (Lipinski definition) is 4. The Bertz CT molecular complexity index is 817. The topological polar surface area (TPSA) is 88.8 Å². The lowest BCUT2D eigenvalue weighted by Crippen LogP contribution is -2.46. The van der Waals surface area contributed by atoms with E-state index in [1.54, 1.807) is 12.1 Å². The van der Waals surface area contributed by atoms with Gasteiger partial charge in [0.15, 0.2) is 5.76 Å². The van der Waals surface area contributed by atoms with Crippen LogP contribution in [0.25, 0.3) is 11.3 Å². The molecule has 2 N–H and O–H groups in total. The van der Waals surface area contributed by atoms with Crippen LogP contribution in [0.2, 0.25) is 0 Å². The van der Waals surface area contributed by atoms with Gasteiger partial charge in [-0.05, 0) is 42.5 Å². The number of nitrogens with one attached hydrogen (secondary N) is 1. The van der Waals surface area contributed by atoms with Crippen molar-refractivity contribution in [1.29, 1.82) is 0 Å². The van der Waals surface area contributed by atoms with Crippen molar-refractivity contribution in [1.82, 2.24) is 5.32 Å². The lowest BCUT2D eigenvalue weighted by Gasteiger charge is -2.32. The van der Waals surface area contributed by atoms with E-state index in [1.807, 2.05) is 18.2 Å². The van der Waals surface area contributed by atoms with Crippen LogP contribution in [0, 0.1) is 5.41 Å². The van der Waals surface area contributed by atoms with Crippen LogP contribution in [0.1, 0.15) is 48.7 Å². The first kappa shape index (κ1) is 19.2. The summed E-state index contributed by atoms with van der Waals surface area (Å²) in [7, 11) is 0. The molecule has 3 rings (SSSR count). The second-order valence-electron chi connectivity index (χ2n) is 7.32. The van der Waals surface area contributed by atoms with E-state index in [1.165, 1.54) is 5.56 Å². The molecule has 0 radical (unpaired) electrons. The molecule has 0 spiro atoms. The fourth-order valence-corrected chi connectivity index (χ4v) is 3.23. The quantitative estimate of drug-likeness (QED) is 0.809. The molecule has 0 aliphatic carbocycles. The molecule has 27 heavy (non-hydrogen) atoms. The number of furan rings is 1. The molecule has 1 amide bonds. The average Bonchev–Trinajstić information content (AvgIpc) is 3.17. The Labute approximate surface area is 158 Å². The van der Waals surface area contributed by atoms with Crippen LogP contribution in [-0.2, 0) is 9.53 Å². The lowest BCUT2D eigenvalue weighted by atomic mass is 9.80. The van der Waals surface area contributed by atoms with Gasteiger partial charge in [0.2, 0.25) is 0 Å². The van der Waals surface area contributed by atoms with Crippen molar-refractivity contribution in [2.24, 2.45) is 5.41 Å². The minimum absolute atomic E-state index is 0.0589. The Morgan fingerprint density at radius 1 is 1.19 bits per heavy atom. The summed E-state index contributed by atoms with van der Waals surface area (Å²) in [6.07, 6.45) is 0.766. The highest BCUT2D eigenvalue weighted by molar-refractivity contribution is 5.92. The molecule has 0 atom stereocenters. The summed E-state index contributed by atoms with van der Waals surface area (Å²) in [6, 6.07) is 11.4. The minimum Gasteiger partial charge on any atom is -0.481 e. The van der Waals surface area contributed by atoms with Gasteiger partial charge < -0.3 is 19.6 Å². The van der Waals surface area contributed by atoms with Crippen LogP contribution < -0.4 is 5.32 Å². The number of carbonyl (C=O) groups excluding carboxylic acids is 1. The highest BCUT2D eigenvalue weighted by atomic mass is 16.5. The number of ether oxygens (including phenoxy) is 1. The zero-order valence-corrected chi connectivity index (χ0v) is 15.7. The predicted octanol–water partition coefficient (Wildman–Crippen LogP) is 3.68. The number of carbonyl (C=O) groups is 2. The second-order valence-corrected chi connectivity index (χ2v) is 7.32. The second kappa shape index (κ2) is 7.96. The van der Waals surface area contributed by atoms with Crippen LogP contribution in [0.5, 0.6) is 0 Å².